The molecule has 0 aromatic carbocycles. The zero-order valence-electron chi connectivity index (χ0n) is 30.4. The number of unbranched alkanes of at least 4 members (excludes halogenated alkanes) is 28. The number of hydrogen-bond acceptors (Lipinski definition) is 4. The molecule has 0 aliphatic rings. The second-order valence-corrected chi connectivity index (χ2v) is 14.7. The van der Waals surface area contributed by atoms with Crippen LogP contribution in [-0.2, 0) is 9.59 Å². The van der Waals surface area contributed by atoms with E-state index in [1.54, 1.807) is 0 Å². The third kappa shape index (κ3) is 60.6. The van der Waals surface area contributed by atoms with Crippen molar-refractivity contribution in [3.8, 4) is 0 Å². The van der Waals surface area contributed by atoms with E-state index in [1.807, 2.05) is 0 Å². The van der Waals surface area contributed by atoms with Gasteiger partial charge < -0.3 is 19.8 Å². The van der Waals surface area contributed by atoms with Gasteiger partial charge >= 0.3 is 34.9 Å². The van der Waals surface area contributed by atoms with Gasteiger partial charge in [0, 0.05) is 11.9 Å². The van der Waals surface area contributed by atoms with E-state index in [0.717, 1.165) is 30.5 Å². The van der Waals surface area contributed by atoms with Crippen LogP contribution in [0.15, 0.2) is 0 Å². The summed E-state index contributed by atoms with van der Waals surface area (Å²) in [6.07, 6.45) is 39.7. The molecule has 0 aliphatic heterocycles. The van der Waals surface area contributed by atoms with E-state index in [9.17, 15) is 19.8 Å². The van der Waals surface area contributed by atoms with Crippen LogP contribution in [0.4, 0.5) is 0 Å². The summed E-state index contributed by atoms with van der Waals surface area (Å²) in [6, 6.07) is 0. The SMILES string of the molecule is CCCCCCCCCCCCCCCCCC(=O)[O-].CCCCCCCCCCCCCCCCCC(=O)[O-].C[CH](C)[Al+2]. The van der Waals surface area contributed by atoms with Crippen LogP contribution in [-0.4, -0.2) is 28.2 Å². The zero-order valence-corrected chi connectivity index (χ0v) is 31.6. The summed E-state index contributed by atoms with van der Waals surface area (Å²) in [5.41, 5.74) is 0. The Morgan fingerprint density at radius 3 is 0.659 bits per heavy atom. The maximum atomic E-state index is 10.2. The molecule has 0 aliphatic carbocycles. The van der Waals surface area contributed by atoms with Crippen molar-refractivity contribution in [3.05, 3.63) is 0 Å². The first-order valence-electron chi connectivity index (χ1n) is 19.4. The molecule has 0 saturated carbocycles. The molecule has 4 nitrogen and oxygen atoms in total. The van der Waals surface area contributed by atoms with Gasteiger partial charge in [-0.3, -0.25) is 0 Å². The molecule has 0 N–H and O–H groups in total. The van der Waals surface area contributed by atoms with Crippen molar-refractivity contribution in [1.82, 2.24) is 0 Å². The molecule has 0 unspecified atom stereocenters. The molecule has 0 rings (SSSR count). The summed E-state index contributed by atoms with van der Waals surface area (Å²) in [6.45, 7) is 8.79. The van der Waals surface area contributed by atoms with Gasteiger partial charge in [-0.05, 0) is 25.7 Å². The first-order valence-corrected chi connectivity index (χ1v) is 20.1. The van der Waals surface area contributed by atoms with Crippen molar-refractivity contribution in [2.45, 2.75) is 238 Å². The summed E-state index contributed by atoms with van der Waals surface area (Å²) in [4.78, 5) is 20.4. The number of carbonyl (C=O) groups is 2. The Kier molecular flexibility index (Phi) is 48.5. The minimum atomic E-state index is -0.903. The second-order valence-electron chi connectivity index (χ2n) is 13.4. The second kappa shape index (κ2) is 44.6. The topological polar surface area (TPSA) is 80.3 Å². The predicted molar refractivity (Wildman–Crippen MR) is 190 cm³/mol. The van der Waals surface area contributed by atoms with Crippen LogP contribution in [0.5, 0.6) is 0 Å². The number of carbonyl (C=O) groups excluding carboxylic acids is 2. The number of aliphatic carboxylic acids is 2. The van der Waals surface area contributed by atoms with Gasteiger partial charge in [0.05, 0.1) is 0 Å². The average molecular weight is 637 g/mol. The van der Waals surface area contributed by atoms with E-state index in [2.05, 4.69) is 44.0 Å². The fourth-order valence-corrected chi connectivity index (χ4v) is 5.28. The molecule has 5 heteroatoms. The minimum absolute atomic E-state index is 0.234. The van der Waals surface area contributed by atoms with Gasteiger partial charge in [-0.25, -0.2) is 0 Å². The molecule has 260 valence electrons. The Balaban J connectivity index is -0.000000680. The van der Waals surface area contributed by atoms with Crippen LogP contribution in [0, 0.1) is 0 Å². The van der Waals surface area contributed by atoms with Gasteiger partial charge in [-0.2, -0.15) is 0 Å². The molecule has 0 aromatic rings. The van der Waals surface area contributed by atoms with E-state index < -0.39 is 11.9 Å². The Morgan fingerprint density at radius 1 is 0.386 bits per heavy atom. The molecule has 0 spiro atoms. The van der Waals surface area contributed by atoms with E-state index >= 15 is 0 Å². The van der Waals surface area contributed by atoms with Gasteiger partial charge in [0.25, 0.3) is 0 Å². The monoisotopic (exact) mass is 637 g/mol. The van der Waals surface area contributed by atoms with Gasteiger partial charge in [0.2, 0.25) is 0 Å². The predicted octanol–water partition coefficient (Wildman–Crippen LogP) is 11.0. The van der Waals surface area contributed by atoms with Crippen molar-refractivity contribution in [2.24, 2.45) is 0 Å². The first kappa shape index (κ1) is 47.9. The normalized spacial score (nSPS) is 10.7. The number of carboxylic acids is 2. The Hall–Kier alpha value is -0.528. The maximum absolute atomic E-state index is 10.2. The van der Waals surface area contributed by atoms with Crippen LogP contribution in [0.25, 0.3) is 0 Å². The van der Waals surface area contributed by atoms with Crippen LogP contribution in [0.3, 0.4) is 0 Å². The molecule has 0 saturated heterocycles. The standard InChI is InChI=1S/2C18H36O2.C3H7.Al/c2*1-2-3-4-5-6-7-8-9-10-11-12-13-14-15-16-17-18(19)20;1-3-2;/h2*2-17H2,1H3,(H,19,20);3H,1-2H3;/q;;;+2/p-2. The molecule has 0 amide bonds. The molecular formula is C39H77AlO4. The molecule has 0 atom stereocenters. The van der Waals surface area contributed by atoms with Gasteiger partial charge in [0.15, 0.2) is 0 Å². The van der Waals surface area contributed by atoms with Crippen LogP contribution in [0.2, 0.25) is 4.78 Å². The number of carboxylic acid groups (broad SMARTS) is 2. The van der Waals surface area contributed by atoms with Gasteiger partial charge in [0.1, 0.15) is 0 Å². The molecule has 0 heterocycles. The van der Waals surface area contributed by atoms with E-state index in [-0.39, 0.29) is 12.8 Å². The third-order valence-electron chi connectivity index (χ3n) is 7.97. The Labute approximate surface area is 285 Å². The Morgan fingerprint density at radius 2 is 0.523 bits per heavy atom. The number of rotatable bonds is 32. The summed E-state index contributed by atoms with van der Waals surface area (Å²) < 4.78 is 0.750. The van der Waals surface area contributed by atoms with Crippen molar-refractivity contribution in [1.29, 1.82) is 0 Å². The van der Waals surface area contributed by atoms with Crippen LogP contribution >= 0.6 is 0 Å². The van der Waals surface area contributed by atoms with E-state index in [4.69, 9.17) is 0 Å². The fourth-order valence-electron chi connectivity index (χ4n) is 5.28. The third-order valence-corrected chi connectivity index (χ3v) is 7.97. The number of hydrogen-bond donors (Lipinski definition) is 0. The van der Waals surface area contributed by atoms with Crippen molar-refractivity contribution < 1.29 is 19.8 Å². The van der Waals surface area contributed by atoms with Crippen molar-refractivity contribution >= 4 is 28.2 Å². The Bertz CT molecular complexity index is 491. The van der Waals surface area contributed by atoms with Crippen molar-refractivity contribution in [3.63, 3.8) is 0 Å². The summed E-state index contributed by atoms with van der Waals surface area (Å²) >= 11 is 2.66. The quantitative estimate of drug-likeness (QED) is 0.0543. The van der Waals surface area contributed by atoms with E-state index in [1.165, 1.54) is 167 Å². The zero-order chi connectivity index (χ0) is 33.4. The molecule has 44 heavy (non-hydrogen) atoms. The van der Waals surface area contributed by atoms with Gasteiger partial charge in [-0.1, -0.05) is 194 Å². The molecular weight excluding hydrogens is 559 g/mol. The van der Waals surface area contributed by atoms with Crippen molar-refractivity contribution in [2.75, 3.05) is 0 Å². The summed E-state index contributed by atoms with van der Waals surface area (Å²) in [7, 11) is 0. The fraction of sp³-hybridized carbons (Fsp3) is 0.949. The average Bonchev–Trinajstić information content (AvgIpc) is 2.97. The van der Waals surface area contributed by atoms with Crippen LogP contribution in [0.1, 0.15) is 233 Å². The molecule has 0 radical (unpaired) electrons. The first-order chi connectivity index (χ1) is 21.3. The van der Waals surface area contributed by atoms with Gasteiger partial charge in [-0.15, -0.1) is 0 Å². The summed E-state index contributed by atoms with van der Waals surface area (Å²) in [5, 5.41) is 20.4. The van der Waals surface area contributed by atoms with E-state index in [0.29, 0.717) is 0 Å². The molecule has 0 aromatic heterocycles. The molecule has 0 bridgehead atoms. The molecule has 0 fully saturated rings. The van der Waals surface area contributed by atoms with Crippen LogP contribution < -0.4 is 10.2 Å². The summed E-state index contributed by atoms with van der Waals surface area (Å²) in [5.74, 6) is -1.81.